The number of nitrogens with two attached hydrogens (primary N) is 2. The third-order valence-electron chi connectivity index (χ3n) is 0. The average Bonchev–Trinajstić information content (AvgIpc) is 1.70. The van der Waals surface area contributed by atoms with Crippen molar-refractivity contribution in [1.29, 1.82) is 0 Å². The van der Waals surface area contributed by atoms with Gasteiger partial charge in [-0.25, -0.2) is 0 Å². The van der Waals surface area contributed by atoms with E-state index in [1.807, 2.05) is 0 Å². The molecule has 0 bridgehead atoms. The maximum Gasteiger partial charge on any atom is 5.00 e. The molecule has 0 amide bonds. The monoisotopic (exact) mass is 345 g/mol. The zero-order chi connectivity index (χ0) is 8.12. The first-order valence-electron chi connectivity index (χ1n) is 2.68. The summed E-state index contributed by atoms with van der Waals surface area (Å²) >= 11 is 0. The minimum absolute atomic E-state index is 0. The van der Waals surface area contributed by atoms with Gasteiger partial charge in [-0.1, -0.05) is 0 Å². The first-order valence-corrected chi connectivity index (χ1v) is 2.68. The summed E-state index contributed by atoms with van der Waals surface area (Å²) in [5.74, 6) is 0. The van der Waals surface area contributed by atoms with Crippen LogP contribution in [0.2, 0.25) is 0 Å². The molecule has 0 aliphatic heterocycles. The SMILES string of the molecule is C[N-]C.C[N-]C.C[N-]C.[NH2-].[NH2-].[Ta+5]. The van der Waals surface area contributed by atoms with E-state index in [2.05, 4.69) is 16.0 Å². The first-order chi connectivity index (χ1) is 4.24. The number of nitrogens with zero attached hydrogens (tertiary/aromatic N) is 3. The van der Waals surface area contributed by atoms with Crippen LogP contribution in [-0.2, 0) is 22.4 Å². The second-order valence-electron chi connectivity index (χ2n) is 1.34. The van der Waals surface area contributed by atoms with Gasteiger partial charge in [0.2, 0.25) is 0 Å². The predicted octanol–water partition coefficient (Wildman–Crippen LogP) is 3.29. The largest absolute Gasteiger partial charge is 5.00 e. The molecule has 0 saturated carbocycles. The van der Waals surface area contributed by atoms with Crippen molar-refractivity contribution in [3.05, 3.63) is 28.3 Å². The quantitative estimate of drug-likeness (QED) is 0.642. The van der Waals surface area contributed by atoms with Gasteiger partial charge in [-0.15, -0.1) is 0 Å². The van der Waals surface area contributed by atoms with E-state index in [4.69, 9.17) is 0 Å². The third kappa shape index (κ3) is 3290. The van der Waals surface area contributed by atoms with E-state index in [1.54, 1.807) is 42.3 Å². The van der Waals surface area contributed by atoms with Gasteiger partial charge in [-0.05, 0) is 0 Å². The van der Waals surface area contributed by atoms with Gasteiger partial charge in [0, 0.05) is 0 Å². The fourth-order valence-corrected chi connectivity index (χ4v) is 0. The molecule has 0 spiro atoms. The zero-order valence-corrected chi connectivity index (χ0v) is 12.2. The summed E-state index contributed by atoms with van der Waals surface area (Å²) in [6, 6.07) is 0. The van der Waals surface area contributed by atoms with Crippen LogP contribution in [0.1, 0.15) is 0 Å². The Hall–Kier alpha value is 0.540. The second-order valence-corrected chi connectivity index (χ2v) is 1.34. The molecule has 4 N–H and O–H groups in total. The Morgan fingerprint density at radius 3 is 0.500 bits per heavy atom. The van der Waals surface area contributed by atoms with Crippen LogP contribution in [-0.4, -0.2) is 42.3 Å². The van der Waals surface area contributed by atoms with Gasteiger partial charge in [-0.3, -0.25) is 0 Å². The van der Waals surface area contributed by atoms with E-state index < -0.39 is 0 Å². The smallest absolute Gasteiger partial charge is 0.693 e. The molecular weight excluding hydrogens is 323 g/mol. The van der Waals surface area contributed by atoms with Crippen molar-refractivity contribution in [2.75, 3.05) is 42.3 Å². The van der Waals surface area contributed by atoms with Crippen LogP contribution < -0.4 is 0 Å². The third-order valence-corrected chi connectivity index (χ3v) is 0. The molecule has 0 fully saturated rings. The Kier molecular flexibility index (Phi) is 333. The molecule has 0 aromatic heterocycles. The van der Waals surface area contributed by atoms with Gasteiger partial charge >= 0.3 is 22.4 Å². The molecule has 12 heavy (non-hydrogen) atoms. The summed E-state index contributed by atoms with van der Waals surface area (Å²) in [5.41, 5.74) is 0. The Morgan fingerprint density at radius 2 is 0.500 bits per heavy atom. The van der Waals surface area contributed by atoms with Crippen LogP contribution in [0.15, 0.2) is 0 Å². The summed E-state index contributed by atoms with van der Waals surface area (Å²) in [5, 5.41) is 10.5. The molecule has 0 aromatic rings. The van der Waals surface area contributed by atoms with Crippen LogP contribution in [0.4, 0.5) is 0 Å². The van der Waals surface area contributed by atoms with Crippen molar-refractivity contribution in [3.8, 4) is 0 Å². The zero-order valence-electron chi connectivity index (χ0n) is 8.94. The fourth-order valence-electron chi connectivity index (χ4n) is 0. The van der Waals surface area contributed by atoms with Crippen LogP contribution >= 0.6 is 0 Å². The van der Waals surface area contributed by atoms with Crippen LogP contribution in [0.3, 0.4) is 0 Å². The molecular formula is C6H22N5Ta. The first kappa shape index (κ1) is 39.0. The van der Waals surface area contributed by atoms with Crippen molar-refractivity contribution < 1.29 is 22.4 Å². The van der Waals surface area contributed by atoms with Crippen molar-refractivity contribution in [1.82, 2.24) is 0 Å². The van der Waals surface area contributed by atoms with E-state index in [0.717, 1.165) is 0 Å². The molecule has 0 aliphatic carbocycles. The molecule has 0 radical (unpaired) electrons. The maximum absolute atomic E-state index is 3.50. The molecule has 0 heterocycles. The molecule has 5 nitrogen and oxygen atoms in total. The van der Waals surface area contributed by atoms with Crippen LogP contribution in [0.5, 0.6) is 0 Å². The van der Waals surface area contributed by atoms with Gasteiger partial charge in [0.05, 0.1) is 0 Å². The van der Waals surface area contributed by atoms with Crippen LogP contribution in [0, 0.1) is 0 Å². The molecule has 0 unspecified atom stereocenters. The van der Waals surface area contributed by atoms with Crippen molar-refractivity contribution >= 4 is 0 Å². The molecule has 0 rings (SSSR count). The normalized spacial score (nSPS) is 4.50. The summed E-state index contributed by atoms with van der Waals surface area (Å²) in [6.07, 6.45) is 0. The van der Waals surface area contributed by atoms with E-state index in [1.165, 1.54) is 0 Å². The van der Waals surface area contributed by atoms with E-state index >= 15 is 0 Å². The number of rotatable bonds is 0. The van der Waals surface area contributed by atoms with Crippen LogP contribution in [0.25, 0.3) is 28.3 Å². The fraction of sp³-hybridized carbons (Fsp3) is 1.00. The second kappa shape index (κ2) is 102. The molecule has 6 heteroatoms. The van der Waals surface area contributed by atoms with Crippen molar-refractivity contribution in [2.24, 2.45) is 0 Å². The number of hydrogen-bond acceptors (Lipinski definition) is 0. The minimum Gasteiger partial charge on any atom is -0.693 e. The molecule has 0 aromatic carbocycles. The Morgan fingerprint density at radius 1 is 0.500 bits per heavy atom. The average molecular weight is 345 g/mol. The van der Waals surface area contributed by atoms with Gasteiger partial charge in [0.25, 0.3) is 0 Å². The van der Waals surface area contributed by atoms with Gasteiger partial charge in [-0.2, -0.15) is 42.3 Å². The molecule has 0 aliphatic rings. The summed E-state index contributed by atoms with van der Waals surface area (Å²) in [7, 11) is 10.5. The molecule has 76 valence electrons. The Bertz CT molecular complexity index is 20.7. The Balaban J connectivity index is -0.00000001000. The topological polar surface area (TPSA) is 109 Å². The minimum atomic E-state index is 0. The van der Waals surface area contributed by atoms with Gasteiger partial charge < -0.3 is 28.3 Å². The summed E-state index contributed by atoms with van der Waals surface area (Å²) in [4.78, 5) is 0. The Labute approximate surface area is 93.1 Å². The molecule has 0 atom stereocenters. The summed E-state index contributed by atoms with van der Waals surface area (Å²) < 4.78 is 0. The standard InChI is InChI=1S/3C2H6N.2H2N.Ta/c3*1-3-2;;;/h3*1-2H3;2*1H2;/q5*-1;+5. The van der Waals surface area contributed by atoms with Crippen molar-refractivity contribution in [2.45, 2.75) is 0 Å². The number of hydrogen-bond donors (Lipinski definition) is 0. The van der Waals surface area contributed by atoms with E-state index in [9.17, 15) is 0 Å². The van der Waals surface area contributed by atoms with E-state index in [-0.39, 0.29) is 34.7 Å². The summed E-state index contributed by atoms with van der Waals surface area (Å²) in [6.45, 7) is 0. The molecule has 0 saturated heterocycles. The van der Waals surface area contributed by atoms with Gasteiger partial charge in [0.15, 0.2) is 0 Å². The van der Waals surface area contributed by atoms with Gasteiger partial charge in [0.1, 0.15) is 0 Å². The van der Waals surface area contributed by atoms with Crippen molar-refractivity contribution in [3.63, 3.8) is 0 Å². The van der Waals surface area contributed by atoms with E-state index in [0.29, 0.717) is 0 Å². The predicted molar refractivity (Wildman–Crippen MR) is 56.2 cm³/mol. The maximum atomic E-state index is 3.50.